The molecule has 0 radical (unpaired) electrons. The standard InChI is InChI=1S/C13H21NOS/c1-3-11(13-5-4-8-16-13)14-12(9-15-2)10-6-7-10/h4-5,8,10-12,14H,3,6-7,9H2,1-2H3. The molecule has 2 unspecified atom stereocenters. The third-order valence-electron chi connectivity index (χ3n) is 3.25. The van der Waals surface area contributed by atoms with E-state index < -0.39 is 0 Å². The molecule has 3 heteroatoms. The van der Waals surface area contributed by atoms with Crippen LogP contribution in [0.2, 0.25) is 0 Å². The first-order chi connectivity index (χ1) is 7.85. The van der Waals surface area contributed by atoms with Gasteiger partial charge < -0.3 is 10.1 Å². The van der Waals surface area contributed by atoms with Crippen molar-refractivity contribution in [3.05, 3.63) is 22.4 Å². The van der Waals surface area contributed by atoms with Crippen molar-refractivity contribution >= 4 is 11.3 Å². The molecule has 0 spiro atoms. The van der Waals surface area contributed by atoms with Gasteiger partial charge in [0.05, 0.1) is 6.61 Å². The lowest BCUT2D eigenvalue weighted by Crippen LogP contribution is -2.37. The predicted molar refractivity (Wildman–Crippen MR) is 68.9 cm³/mol. The molecule has 1 aliphatic carbocycles. The molecule has 2 rings (SSSR count). The SMILES string of the molecule is CCC(NC(COC)C1CC1)c1cccs1. The van der Waals surface area contributed by atoms with Crippen molar-refractivity contribution in [2.24, 2.45) is 5.92 Å². The molecule has 1 aromatic rings. The monoisotopic (exact) mass is 239 g/mol. The fourth-order valence-electron chi connectivity index (χ4n) is 2.15. The van der Waals surface area contributed by atoms with E-state index in [-0.39, 0.29) is 0 Å². The summed E-state index contributed by atoms with van der Waals surface area (Å²) < 4.78 is 5.31. The topological polar surface area (TPSA) is 21.3 Å². The maximum atomic E-state index is 5.31. The molecule has 0 saturated heterocycles. The fraction of sp³-hybridized carbons (Fsp3) is 0.692. The van der Waals surface area contributed by atoms with Gasteiger partial charge in [-0.25, -0.2) is 0 Å². The summed E-state index contributed by atoms with van der Waals surface area (Å²) in [6.45, 7) is 3.08. The summed E-state index contributed by atoms with van der Waals surface area (Å²) >= 11 is 1.84. The highest BCUT2D eigenvalue weighted by Crippen LogP contribution is 2.34. The van der Waals surface area contributed by atoms with Crippen LogP contribution in [0.1, 0.15) is 37.1 Å². The minimum absolute atomic E-state index is 0.501. The number of nitrogens with one attached hydrogen (secondary N) is 1. The minimum Gasteiger partial charge on any atom is -0.383 e. The summed E-state index contributed by atoms with van der Waals surface area (Å²) in [7, 11) is 1.79. The van der Waals surface area contributed by atoms with Crippen molar-refractivity contribution < 1.29 is 4.74 Å². The van der Waals surface area contributed by atoms with E-state index in [1.807, 2.05) is 11.3 Å². The number of hydrogen-bond acceptors (Lipinski definition) is 3. The molecule has 0 bridgehead atoms. The summed E-state index contributed by atoms with van der Waals surface area (Å²) in [6, 6.07) is 5.40. The molecule has 90 valence electrons. The Morgan fingerprint density at radius 1 is 1.56 bits per heavy atom. The second kappa shape index (κ2) is 5.80. The molecule has 16 heavy (non-hydrogen) atoms. The number of methoxy groups -OCH3 is 1. The van der Waals surface area contributed by atoms with Gasteiger partial charge in [-0.15, -0.1) is 11.3 Å². The maximum Gasteiger partial charge on any atom is 0.0618 e. The lowest BCUT2D eigenvalue weighted by Gasteiger charge is -2.23. The Morgan fingerprint density at radius 2 is 2.38 bits per heavy atom. The quantitative estimate of drug-likeness (QED) is 0.789. The van der Waals surface area contributed by atoms with Crippen LogP contribution in [0, 0.1) is 5.92 Å². The van der Waals surface area contributed by atoms with Crippen LogP contribution in [0.3, 0.4) is 0 Å². The molecule has 1 saturated carbocycles. The van der Waals surface area contributed by atoms with Crippen LogP contribution in [0.5, 0.6) is 0 Å². The first-order valence-corrected chi connectivity index (χ1v) is 7.01. The average Bonchev–Trinajstić information content (AvgIpc) is 3.00. The lowest BCUT2D eigenvalue weighted by atomic mass is 10.1. The molecule has 0 amide bonds. The third-order valence-corrected chi connectivity index (χ3v) is 4.23. The van der Waals surface area contributed by atoms with Crippen molar-refractivity contribution in [2.45, 2.75) is 38.3 Å². The van der Waals surface area contributed by atoms with Gasteiger partial charge in [0.15, 0.2) is 0 Å². The van der Waals surface area contributed by atoms with Gasteiger partial charge in [0.1, 0.15) is 0 Å². The van der Waals surface area contributed by atoms with Gasteiger partial charge >= 0.3 is 0 Å². The highest BCUT2D eigenvalue weighted by Gasteiger charge is 2.32. The maximum absolute atomic E-state index is 5.31. The van der Waals surface area contributed by atoms with Crippen molar-refractivity contribution in [3.63, 3.8) is 0 Å². The summed E-state index contributed by atoms with van der Waals surface area (Å²) in [4.78, 5) is 1.45. The summed E-state index contributed by atoms with van der Waals surface area (Å²) in [5.74, 6) is 0.842. The predicted octanol–water partition coefficient (Wildman–Crippen LogP) is 3.21. The minimum atomic E-state index is 0.501. The van der Waals surface area contributed by atoms with Gasteiger partial charge in [-0.2, -0.15) is 0 Å². The number of thiophene rings is 1. The number of hydrogen-bond donors (Lipinski definition) is 1. The molecule has 1 aromatic heterocycles. The van der Waals surface area contributed by atoms with Crippen molar-refractivity contribution in [2.75, 3.05) is 13.7 Å². The van der Waals surface area contributed by atoms with Gasteiger partial charge in [0, 0.05) is 24.1 Å². The van der Waals surface area contributed by atoms with E-state index in [4.69, 9.17) is 4.74 Å². The van der Waals surface area contributed by atoms with Gasteiger partial charge in [0.25, 0.3) is 0 Å². The summed E-state index contributed by atoms with van der Waals surface area (Å²) in [5.41, 5.74) is 0. The second-order valence-corrected chi connectivity index (χ2v) is 5.52. The Kier molecular flexibility index (Phi) is 4.38. The highest BCUT2D eigenvalue weighted by atomic mass is 32.1. The van der Waals surface area contributed by atoms with E-state index in [1.165, 1.54) is 17.7 Å². The number of rotatable bonds is 7. The van der Waals surface area contributed by atoms with Crippen LogP contribution in [0.15, 0.2) is 17.5 Å². The Hall–Kier alpha value is -0.380. The van der Waals surface area contributed by atoms with Crippen LogP contribution >= 0.6 is 11.3 Å². The Morgan fingerprint density at radius 3 is 2.88 bits per heavy atom. The molecule has 2 nitrogen and oxygen atoms in total. The van der Waals surface area contributed by atoms with Crippen LogP contribution < -0.4 is 5.32 Å². The van der Waals surface area contributed by atoms with Crippen LogP contribution in [0.4, 0.5) is 0 Å². The zero-order valence-electron chi connectivity index (χ0n) is 10.1. The molecule has 1 aliphatic rings. The van der Waals surface area contributed by atoms with E-state index in [0.717, 1.165) is 18.9 Å². The summed E-state index contributed by atoms with van der Waals surface area (Å²) in [5, 5.41) is 5.91. The zero-order valence-corrected chi connectivity index (χ0v) is 10.9. The molecule has 0 aromatic carbocycles. The Balaban J connectivity index is 1.93. The molecule has 1 fully saturated rings. The van der Waals surface area contributed by atoms with E-state index >= 15 is 0 Å². The van der Waals surface area contributed by atoms with E-state index in [1.54, 1.807) is 7.11 Å². The van der Waals surface area contributed by atoms with Gasteiger partial charge in [0.2, 0.25) is 0 Å². The highest BCUT2D eigenvalue weighted by molar-refractivity contribution is 7.10. The second-order valence-electron chi connectivity index (χ2n) is 4.54. The lowest BCUT2D eigenvalue weighted by molar-refractivity contribution is 0.151. The third kappa shape index (κ3) is 3.06. The molecule has 1 N–H and O–H groups in total. The van der Waals surface area contributed by atoms with Gasteiger partial charge in [-0.1, -0.05) is 13.0 Å². The molecular weight excluding hydrogens is 218 g/mol. The van der Waals surface area contributed by atoms with Crippen LogP contribution in [0.25, 0.3) is 0 Å². The Labute approximate surface area is 102 Å². The normalized spacial score (nSPS) is 19.6. The number of ether oxygens (including phenoxy) is 1. The molecule has 2 atom stereocenters. The van der Waals surface area contributed by atoms with Crippen molar-refractivity contribution in [1.82, 2.24) is 5.32 Å². The summed E-state index contributed by atoms with van der Waals surface area (Å²) in [6.07, 6.45) is 3.87. The fourth-order valence-corrected chi connectivity index (χ4v) is 3.02. The van der Waals surface area contributed by atoms with Gasteiger partial charge in [-0.3, -0.25) is 0 Å². The largest absolute Gasteiger partial charge is 0.383 e. The van der Waals surface area contributed by atoms with Crippen molar-refractivity contribution in [3.8, 4) is 0 Å². The molecular formula is C13H21NOS. The zero-order chi connectivity index (χ0) is 11.4. The van der Waals surface area contributed by atoms with E-state index in [2.05, 4.69) is 29.8 Å². The molecule has 1 heterocycles. The van der Waals surface area contributed by atoms with Gasteiger partial charge in [-0.05, 0) is 36.6 Å². The average molecular weight is 239 g/mol. The van der Waals surface area contributed by atoms with Crippen LogP contribution in [-0.2, 0) is 4.74 Å². The van der Waals surface area contributed by atoms with Crippen molar-refractivity contribution in [1.29, 1.82) is 0 Å². The Bertz CT molecular complexity index is 295. The van der Waals surface area contributed by atoms with E-state index in [9.17, 15) is 0 Å². The first-order valence-electron chi connectivity index (χ1n) is 6.13. The first kappa shape index (κ1) is 12.1. The molecule has 0 aliphatic heterocycles. The van der Waals surface area contributed by atoms with E-state index in [0.29, 0.717) is 12.1 Å². The van der Waals surface area contributed by atoms with Crippen LogP contribution in [-0.4, -0.2) is 19.8 Å². The smallest absolute Gasteiger partial charge is 0.0618 e.